The van der Waals surface area contributed by atoms with Crippen LogP contribution in [-0.2, 0) is 16.0 Å². The number of hydrogen-bond donors (Lipinski definition) is 2. The van der Waals surface area contributed by atoms with Crippen LogP contribution in [-0.4, -0.2) is 40.0 Å². The highest BCUT2D eigenvalue weighted by atomic mass is 35.5. The second-order valence-electron chi connectivity index (χ2n) is 6.96. The van der Waals surface area contributed by atoms with Crippen LogP contribution in [0.15, 0.2) is 30.6 Å². The summed E-state index contributed by atoms with van der Waals surface area (Å²) in [5, 5.41) is 11.9. The number of carbonyl (C=O) groups excluding carboxylic acids is 2. The molecule has 34 heavy (non-hydrogen) atoms. The average molecular weight is 541 g/mol. The Balaban J connectivity index is 1.74. The maximum atomic E-state index is 12.5. The van der Waals surface area contributed by atoms with Crippen molar-refractivity contribution in [3.63, 3.8) is 0 Å². The van der Waals surface area contributed by atoms with Gasteiger partial charge in [-0.2, -0.15) is 5.10 Å². The van der Waals surface area contributed by atoms with E-state index in [9.17, 15) is 9.59 Å². The standard InChI is InChI=1S/C22H22Cl2N4O4S2/c1-4-31-20(29)17-12(3)18(21(30)32-5-2)34-19(17)27-22(33)26-14-9-25-28(11-14)10-13-6-7-15(23)16(24)8-13/h6-9,11H,4-5,10H2,1-3H3,(H2,26,27,33). The minimum Gasteiger partial charge on any atom is -0.462 e. The molecule has 2 aromatic heterocycles. The Morgan fingerprint density at radius 3 is 2.50 bits per heavy atom. The van der Waals surface area contributed by atoms with E-state index >= 15 is 0 Å². The number of ether oxygens (including phenoxy) is 2. The number of carbonyl (C=O) groups is 2. The van der Waals surface area contributed by atoms with Gasteiger partial charge in [-0.3, -0.25) is 4.68 Å². The van der Waals surface area contributed by atoms with E-state index < -0.39 is 11.9 Å². The van der Waals surface area contributed by atoms with Crippen LogP contribution < -0.4 is 10.6 Å². The molecule has 12 heteroatoms. The van der Waals surface area contributed by atoms with Gasteiger partial charge in [0, 0.05) is 6.20 Å². The molecule has 0 aliphatic heterocycles. The summed E-state index contributed by atoms with van der Waals surface area (Å²) in [5.41, 5.74) is 2.29. The number of thiophene rings is 1. The van der Waals surface area contributed by atoms with E-state index in [2.05, 4.69) is 15.7 Å². The van der Waals surface area contributed by atoms with Gasteiger partial charge in [0.25, 0.3) is 0 Å². The number of nitrogens with one attached hydrogen (secondary N) is 2. The molecule has 3 aromatic rings. The first-order valence-corrected chi connectivity index (χ1v) is 12.2. The molecule has 0 saturated carbocycles. The molecule has 0 saturated heterocycles. The summed E-state index contributed by atoms with van der Waals surface area (Å²) < 4.78 is 12.0. The maximum absolute atomic E-state index is 12.5. The van der Waals surface area contributed by atoms with Crippen LogP contribution in [0.5, 0.6) is 0 Å². The van der Waals surface area contributed by atoms with Gasteiger partial charge in [-0.1, -0.05) is 29.3 Å². The van der Waals surface area contributed by atoms with E-state index in [1.807, 2.05) is 6.07 Å². The minimum atomic E-state index is -0.549. The molecule has 8 nitrogen and oxygen atoms in total. The largest absolute Gasteiger partial charge is 0.462 e. The molecule has 0 aliphatic rings. The monoisotopic (exact) mass is 540 g/mol. The Bertz CT molecular complexity index is 1230. The van der Waals surface area contributed by atoms with E-state index in [1.165, 1.54) is 0 Å². The lowest BCUT2D eigenvalue weighted by Gasteiger charge is -2.09. The maximum Gasteiger partial charge on any atom is 0.348 e. The van der Waals surface area contributed by atoms with Gasteiger partial charge in [0.15, 0.2) is 5.11 Å². The van der Waals surface area contributed by atoms with Crippen LogP contribution in [0.4, 0.5) is 10.7 Å². The molecule has 0 spiro atoms. The zero-order valence-corrected chi connectivity index (χ0v) is 21.8. The molecule has 0 bridgehead atoms. The van der Waals surface area contributed by atoms with Crippen molar-refractivity contribution in [3.05, 3.63) is 62.2 Å². The molecular formula is C22H22Cl2N4O4S2. The Morgan fingerprint density at radius 2 is 1.82 bits per heavy atom. The molecule has 180 valence electrons. The lowest BCUT2D eigenvalue weighted by molar-refractivity contribution is 0.0527. The number of hydrogen-bond acceptors (Lipinski definition) is 7. The summed E-state index contributed by atoms with van der Waals surface area (Å²) in [5.74, 6) is -1.06. The fraction of sp³-hybridized carbons (Fsp3) is 0.273. The summed E-state index contributed by atoms with van der Waals surface area (Å²) in [6.07, 6.45) is 3.38. The summed E-state index contributed by atoms with van der Waals surface area (Å²) in [6.45, 7) is 6.00. The number of benzene rings is 1. The number of halogens is 2. The lowest BCUT2D eigenvalue weighted by Crippen LogP contribution is -2.20. The van der Waals surface area contributed by atoms with Gasteiger partial charge in [-0.05, 0) is 56.2 Å². The van der Waals surface area contributed by atoms with Crippen LogP contribution in [0.25, 0.3) is 0 Å². The Kier molecular flexibility index (Phi) is 8.90. The zero-order valence-electron chi connectivity index (χ0n) is 18.6. The van der Waals surface area contributed by atoms with Crippen molar-refractivity contribution in [3.8, 4) is 0 Å². The molecule has 0 atom stereocenters. The molecule has 0 amide bonds. The third-order valence-electron chi connectivity index (χ3n) is 4.53. The molecule has 2 heterocycles. The normalized spacial score (nSPS) is 10.6. The highest BCUT2D eigenvalue weighted by Crippen LogP contribution is 2.34. The zero-order chi connectivity index (χ0) is 24.8. The SMILES string of the molecule is CCOC(=O)c1sc(NC(=S)Nc2cnn(Cc3ccc(Cl)c(Cl)c3)c2)c(C(=O)OCC)c1C. The van der Waals surface area contributed by atoms with Crippen LogP contribution in [0.2, 0.25) is 10.0 Å². The van der Waals surface area contributed by atoms with Crippen LogP contribution in [0, 0.1) is 6.92 Å². The highest BCUT2D eigenvalue weighted by Gasteiger charge is 2.27. The fourth-order valence-electron chi connectivity index (χ4n) is 3.05. The van der Waals surface area contributed by atoms with Crippen molar-refractivity contribution in [2.45, 2.75) is 27.3 Å². The van der Waals surface area contributed by atoms with Gasteiger partial charge in [0.2, 0.25) is 0 Å². The second kappa shape index (κ2) is 11.7. The molecule has 1 aromatic carbocycles. The second-order valence-corrected chi connectivity index (χ2v) is 9.20. The Morgan fingerprint density at radius 1 is 1.12 bits per heavy atom. The van der Waals surface area contributed by atoms with E-state index in [0.29, 0.717) is 37.7 Å². The summed E-state index contributed by atoms with van der Waals surface area (Å²) in [4.78, 5) is 25.2. The number of esters is 2. The predicted molar refractivity (Wildman–Crippen MR) is 139 cm³/mol. The highest BCUT2D eigenvalue weighted by molar-refractivity contribution is 7.80. The summed E-state index contributed by atoms with van der Waals surface area (Å²) in [7, 11) is 0. The first-order chi connectivity index (χ1) is 16.2. The van der Waals surface area contributed by atoms with Crippen LogP contribution >= 0.6 is 46.8 Å². The molecule has 2 N–H and O–H groups in total. The van der Waals surface area contributed by atoms with Gasteiger partial charge >= 0.3 is 11.9 Å². The lowest BCUT2D eigenvalue weighted by atomic mass is 10.1. The first kappa shape index (κ1) is 26.0. The van der Waals surface area contributed by atoms with Gasteiger partial charge in [0.1, 0.15) is 9.88 Å². The molecule has 0 unspecified atom stereocenters. The van der Waals surface area contributed by atoms with Crippen molar-refractivity contribution < 1.29 is 19.1 Å². The van der Waals surface area contributed by atoms with Crippen LogP contribution in [0.3, 0.4) is 0 Å². The average Bonchev–Trinajstić information content (AvgIpc) is 3.34. The van der Waals surface area contributed by atoms with Gasteiger partial charge < -0.3 is 20.1 Å². The van der Waals surface area contributed by atoms with E-state index in [0.717, 1.165) is 16.9 Å². The Labute approximate surface area is 216 Å². The third-order valence-corrected chi connectivity index (χ3v) is 6.66. The molecule has 0 radical (unpaired) electrons. The molecular weight excluding hydrogens is 519 g/mol. The first-order valence-electron chi connectivity index (χ1n) is 10.2. The van der Waals surface area contributed by atoms with E-state index in [1.54, 1.807) is 50.0 Å². The minimum absolute atomic E-state index is 0.197. The van der Waals surface area contributed by atoms with Crippen LogP contribution in [0.1, 0.15) is 45.0 Å². The summed E-state index contributed by atoms with van der Waals surface area (Å²) >= 11 is 18.5. The molecule has 0 aliphatic carbocycles. The van der Waals surface area contributed by atoms with Crippen molar-refractivity contribution in [1.82, 2.24) is 9.78 Å². The topological polar surface area (TPSA) is 94.5 Å². The number of anilines is 2. The van der Waals surface area contributed by atoms with Gasteiger partial charge in [-0.15, -0.1) is 11.3 Å². The molecule has 0 fully saturated rings. The van der Waals surface area contributed by atoms with Crippen molar-refractivity contribution in [2.24, 2.45) is 0 Å². The third kappa shape index (κ3) is 6.26. The van der Waals surface area contributed by atoms with Crippen molar-refractivity contribution in [1.29, 1.82) is 0 Å². The smallest absolute Gasteiger partial charge is 0.348 e. The fourth-order valence-corrected chi connectivity index (χ4v) is 4.75. The van der Waals surface area contributed by atoms with E-state index in [4.69, 9.17) is 44.9 Å². The number of thiocarbonyl (C=S) groups is 1. The van der Waals surface area contributed by atoms with Gasteiger partial charge in [-0.25, -0.2) is 9.59 Å². The number of rotatable bonds is 8. The molecule has 3 rings (SSSR count). The van der Waals surface area contributed by atoms with E-state index in [-0.39, 0.29) is 23.9 Å². The number of aromatic nitrogens is 2. The van der Waals surface area contributed by atoms with Crippen molar-refractivity contribution >= 4 is 74.5 Å². The summed E-state index contributed by atoms with van der Waals surface area (Å²) in [6, 6.07) is 5.38. The quantitative estimate of drug-likeness (QED) is 0.274. The Hall–Kier alpha value is -2.66. The number of nitrogens with zero attached hydrogens (tertiary/aromatic N) is 2. The van der Waals surface area contributed by atoms with Gasteiger partial charge in [0.05, 0.1) is 47.3 Å². The van der Waals surface area contributed by atoms with Crippen molar-refractivity contribution in [2.75, 3.05) is 23.8 Å². The predicted octanol–water partition coefficient (Wildman–Crippen LogP) is 5.77.